The third kappa shape index (κ3) is 2.53. The van der Waals surface area contributed by atoms with Gasteiger partial charge in [-0.25, -0.2) is 4.68 Å². The minimum Gasteiger partial charge on any atom is -0.268 e. The van der Waals surface area contributed by atoms with E-state index in [9.17, 15) is 4.79 Å². The van der Waals surface area contributed by atoms with Crippen molar-refractivity contribution < 1.29 is 0 Å². The standard InChI is InChI=1S/C11H9BrN2O/c12-10-6-7-11(15)14(13-10)8-9-4-2-1-3-5-9/h1-7H,8H2. The summed E-state index contributed by atoms with van der Waals surface area (Å²) in [7, 11) is 0. The van der Waals surface area contributed by atoms with Crippen LogP contribution in [0, 0.1) is 0 Å². The fourth-order valence-electron chi connectivity index (χ4n) is 1.29. The van der Waals surface area contributed by atoms with Crippen molar-refractivity contribution in [2.45, 2.75) is 6.54 Å². The first-order chi connectivity index (χ1) is 7.25. The Morgan fingerprint density at radius 2 is 1.87 bits per heavy atom. The second-order valence-corrected chi connectivity index (χ2v) is 3.95. The van der Waals surface area contributed by atoms with Gasteiger partial charge in [0.2, 0.25) is 0 Å². The number of aromatic nitrogens is 2. The summed E-state index contributed by atoms with van der Waals surface area (Å²) in [6.07, 6.45) is 0. The number of benzene rings is 1. The summed E-state index contributed by atoms with van der Waals surface area (Å²) in [4.78, 5) is 11.5. The highest BCUT2D eigenvalue weighted by Gasteiger charge is 1.99. The molecule has 4 heteroatoms. The van der Waals surface area contributed by atoms with Gasteiger partial charge in [0.15, 0.2) is 0 Å². The summed E-state index contributed by atoms with van der Waals surface area (Å²) in [5.41, 5.74) is 0.965. The van der Waals surface area contributed by atoms with Crippen molar-refractivity contribution in [2.24, 2.45) is 0 Å². The smallest absolute Gasteiger partial charge is 0.267 e. The first kappa shape index (κ1) is 10.1. The molecule has 76 valence electrons. The summed E-state index contributed by atoms with van der Waals surface area (Å²) in [6.45, 7) is 0.499. The number of hydrogen-bond donors (Lipinski definition) is 0. The molecule has 1 aromatic carbocycles. The van der Waals surface area contributed by atoms with Crippen LogP contribution >= 0.6 is 15.9 Å². The molecule has 0 amide bonds. The van der Waals surface area contributed by atoms with Crippen LogP contribution in [0.5, 0.6) is 0 Å². The molecule has 15 heavy (non-hydrogen) atoms. The quantitative estimate of drug-likeness (QED) is 0.833. The number of nitrogens with zero attached hydrogens (tertiary/aromatic N) is 2. The average molecular weight is 265 g/mol. The molecule has 1 aromatic heterocycles. The highest BCUT2D eigenvalue weighted by atomic mass is 79.9. The molecule has 3 nitrogen and oxygen atoms in total. The average Bonchev–Trinajstić information content (AvgIpc) is 2.25. The Hall–Kier alpha value is -1.42. The Labute approximate surface area is 95.5 Å². The number of hydrogen-bond acceptors (Lipinski definition) is 2. The van der Waals surface area contributed by atoms with Gasteiger partial charge in [-0.05, 0) is 27.6 Å². The maximum absolute atomic E-state index is 11.5. The molecule has 0 saturated carbocycles. The lowest BCUT2D eigenvalue weighted by Gasteiger charge is -2.03. The van der Waals surface area contributed by atoms with Crippen molar-refractivity contribution in [3.05, 3.63) is 63.0 Å². The molecule has 0 atom stereocenters. The van der Waals surface area contributed by atoms with Gasteiger partial charge < -0.3 is 0 Å². The number of rotatable bonds is 2. The molecule has 0 aliphatic heterocycles. The molecule has 1 heterocycles. The SMILES string of the molecule is O=c1ccc(Br)nn1Cc1ccccc1. The Balaban J connectivity index is 2.32. The van der Waals surface area contributed by atoms with E-state index in [0.29, 0.717) is 11.1 Å². The largest absolute Gasteiger partial charge is 0.268 e. The van der Waals surface area contributed by atoms with E-state index in [4.69, 9.17) is 0 Å². The zero-order chi connectivity index (χ0) is 10.7. The Morgan fingerprint density at radius 3 is 2.60 bits per heavy atom. The van der Waals surface area contributed by atoms with Gasteiger partial charge in [0.1, 0.15) is 4.60 Å². The van der Waals surface area contributed by atoms with Crippen LogP contribution in [-0.4, -0.2) is 9.78 Å². The molecule has 0 aliphatic carbocycles. The van der Waals surface area contributed by atoms with Crippen LogP contribution in [0.1, 0.15) is 5.56 Å². The van der Waals surface area contributed by atoms with Gasteiger partial charge in [-0.1, -0.05) is 30.3 Å². The van der Waals surface area contributed by atoms with E-state index in [2.05, 4.69) is 21.0 Å². The summed E-state index contributed by atoms with van der Waals surface area (Å²) in [5.74, 6) is 0. The van der Waals surface area contributed by atoms with E-state index in [1.807, 2.05) is 30.3 Å². The zero-order valence-electron chi connectivity index (χ0n) is 7.93. The second kappa shape index (κ2) is 4.40. The van der Waals surface area contributed by atoms with Crippen molar-refractivity contribution in [1.82, 2.24) is 9.78 Å². The molecule has 2 aromatic rings. The summed E-state index contributed by atoms with van der Waals surface area (Å²) in [6, 6.07) is 12.9. The summed E-state index contributed by atoms with van der Waals surface area (Å²) >= 11 is 3.24. The molecule has 0 spiro atoms. The van der Waals surface area contributed by atoms with Gasteiger partial charge in [-0.2, -0.15) is 5.10 Å². The second-order valence-electron chi connectivity index (χ2n) is 3.14. The molecule has 0 saturated heterocycles. The van der Waals surface area contributed by atoms with E-state index in [1.165, 1.54) is 10.7 Å². The predicted octanol–water partition coefficient (Wildman–Crippen LogP) is 2.05. The maximum Gasteiger partial charge on any atom is 0.267 e. The van der Waals surface area contributed by atoms with Gasteiger partial charge in [0.25, 0.3) is 5.56 Å². The molecule has 0 fully saturated rings. The van der Waals surface area contributed by atoms with E-state index in [-0.39, 0.29) is 5.56 Å². The maximum atomic E-state index is 11.5. The van der Waals surface area contributed by atoms with Crippen LogP contribution in [-0.2, 0) is 6.54 Å². The summed E-state index contributed by atoms with van der Waals surface area (Å²) < 4.78 is 2.09. The summed E-state index contributed by atoms with van der Waals surface area (Å²) in [5, 5.41) is 4.09. The third-order valence-electron chi connectivity index (χ3n) is 2.01. The van der Waals surface area contributed by atoms with Crippen LogP contribution in [0.15, 0.2) is 51.9 Å². The Bertz CT molecular complexity index is 507. The van der Waals surface area contributed by atoms with Crippen molar-refractivity contribution in [2.75, 3.05) is 0 Å². The molecular weight excluding hydrogens is 256 g/mol. The van der Waals surface area contributed by atoms with Crippen molar-refractivity contribution in [1.29, 1.82) is 0 Å². The number of halogens is 1. The lowest BCUT2D eigenvalue weighted by Crippen LogP contribution is -2.22. The lowest BCUT2D eigenvalue weighted by atomic mass is 10.2. The molecule has 2 rings (SSSR count). The zero-order valence-corrected chi connectivity index (χ0v) is 9.52. The van der Waals surface area contributed by atoms with E-state index in [0.717, 1.165) is 5.56 Å². The monoisotopic (exact) mass is 264 g/mol. The molecule has 0 aliphatic rings. The Kier molecular flexibility index (Phi) is 2.97. The first-order valence-corrected chi connectivity index (χ1v) is 5.32. The lowest BCUT2D eigenvalue weighted by molar-refractivity contribution is 0.631. The van der Waals surface area contributed by atoms with Gasteiger partial charge in [-0.15, -0.1) is 0 Å². The van der Waals surface area contributed by atoms with E-state index < -0.39 is 0 Å². The van der Waals surface area contributed by atoms with Gasteiger partial charge >= 0.3 is 0 Å². The van der Waals surface area contributed by atoms with Gasteiger partial charge in [0, 0.05) is 6.07 Å². The van der Waals surface area contributed by atoms with Crippen LogP contribution in [0.3, 0.4) is 0 Å². The first-order valence-electron chi connectivity index (χ1n) is 4.53. The fraction of sp³-hybridized carbons (Fsp3) is 0.0909. The van der Waals surface area contributed by atoms with Crippen molar-refractivity contribution in [3.8, 4) is 0 Å². The minimum absolute atomic E-state index is 0.0953. The van der Waals surface area contributed by atoms with Crippen LogP contribution in [0.4, 0.5) is 0 Å². The Morgan fingerprint density at radius 1 is 1.13 bits per heavy atom. The molecule has 0 radical (unpaired) electrons. The highest BCUT2D eigenvalue weighted by molar-refractivity contribution is 9.10. The van der Waals surface area contributed by atoms with Gasteiger partial charge in [-0.3, -0.25) is 4.79 Å². The van der Waals surface area contributed by atoms with Gasteiger partial charge in [0.05, 0.1) is 6.54 Å². The van der Waals surface area contributed by atoms with Crippen molar-refractivity contribution in [3.63, 3.8) is 0 Å². The third-order valence-corrected chi connectivity index (χ3v) is 2.43. The molecule has 0 unspecified atom stereocenters. The minimum atomic E-state index is -0.0953. The van der Waals surface area contributed by atoms with Crippen molar-refractivity contribution >= 4 is 15.9 Å². The van der Waals surface area contributed by atoms with E-state index >= 15 is 0 Å². The fourth-order valence-corrected chi connectivity index (χ4v) is 1.62. The molecule has 0 bridgehead atoms. The molecular formula is C11H9BrN2O. The van der Waals surface area contributed by atoms with Crippen LogP contribution in [0.2, 0.25) is 0 Å². The molecule has 0 N–H and O–H groups in total. The van der Waals surface area contributed by atoms with Crippen LogP contribution in [0.25, 0.3) is 0 Å². The topological polar surface area (TPSA) is 34.9 Å². The predicted molar refractivity (Wildman–Crippen MR) is 61.7 cm³/mol. The van der Waals surface area contributed by atoms with Crippen LogP contribution < -0.4 is 5.56 Å². The normalized spacial score (nSPS) is 10.2. The highest BCUT2D eigenvalue weighted by Crippen LogP contribution is 2.03. The van der Waals surface area contributed by atoms with E-state index in [1.54, 1.807) is 6.07 Å².